The fourth-order valence-corrected chi connectivity index (χ4v) is 1.81. The molecule has 0 unspecified atom stereocenters. The zero-order valence-electron chi connectivity index (χ0n) is 10.6. The average molecular weight is 256 g/mol. The van der Waals surface area contributed by atoms with Crippen molar-refractivity contribution in [1.82, 2.24) is 0 Å². The van der Waals surface area contributed by atoms with Gasteiger partial charge in [0, 0.05) is 12.5 Å². The molecule has 0 aliphatic rings. The quantitative estimate of drug-likeness (QED) is 0.659. The van der Waals surface area contributed by atoms with E-state index in [4.69, 9.17) is 4.74 Å². The predicted octanol–water partition coefficient (Wildman–Crippen LogP) is 3.32. The third-order valence-corrected chi connectivity index (χ3v) is 2.74. The Morgan fingerprint density at radius 1 is 1.05 bits per heavy atom. The molecule has 0 aliphatic heterocycles. The van der Waals surface area contributed by atoms with Crippen molar-refractivity contribution in [3.63, 3.8) is 0 Å². The van der Waals surface area contributed by atoms with Crippen LogP contribution in [0.5, 0.6) is 11.5 Å². The summed E-state index contributed by atoms with van der Waals surface area (Å²) in [5.74, 6) is 0.195. The SMILES string of the molecule is O=C(CCCc1ccccc1)Oc1cccc(O)c1. The summed E-state index contributed by atoms with van der Waals surface area (Å²) in [5.41, 5.74) is 1.22. The number of aryl methyl sites for hydroxylation is 1. The molecule has 0 bridgehead atoms. The first-order chi connectivity index (χ1) is 9.24. The Kier molecular flexibility index (Phi) is 4.56. The zero-order valence-corrected chi connectivity index (χ0v) is 10.6. The number of esters is 1. The van der Waals surface area contributed by atoms with Gasteiger partial charge >= 0.3 is 5.97 Å². The molecule has 19 heavy (non-hydrogen) atoms. The van der Waals surface area contributed by atoms with E-state index >= 15 is 0 Å². The predicted molar refractivity (Wildman–Crippen MR) is 73.1 cm³/mol. The molecular formula is C16H16O3. The Hall–Kier alpha value is -2.29. The smallest absolute Gasteiger partial charge is 0.311 e. The van der Waals surface area contributed by atoms with Crippen LogP contribution in [-0.4, -0.2) is 11.1 Å². The summed E-state index contributed by atoms with van der Waals surface area (Å²) in [4.78, 5) is 11.6. The second kappa shape index (κ2) is 6.59. The van der Waals surface area contributed by atoms with Gasteiger partial charge in [0.05, 0.1) is 0 Å². The first-order valence-electron chi connectivity index (χ1n) is 6.28. The molecule has 3 nitrogen and oxygen atoms in total. The number of benzene rings is 2. The fourth-order valence-electron chi connectivity index (χ4n) is 1.81. The van der Waals surface area contributed by atoms with Gasteiger partial charge in [-0.3, -0.25) is 4.79 Å². The molecule has 0 spiro atoms. The highest BCUT2D eigenvalue weighted by Gasteiger charge is 2.05. The lowest BCUT2D eigenvalue weighted by atomic mass is 10.1. The van der Waals surface area contributed by atoms with Crippen molar-refractivity contribution in [2.45, 2.75) is 19.3 Å². The van der Waals surface area contributed by atoms with Crippen molar-refractivity contribution in [2.24, 2.45) is 0 Å². The number of carbonyl (C=O) groups is 1. The van der Waals surface area contributed by atoms with Crippen LogP contribution in [0.25, 0.3) is 0 Å². The molecule has 0 fully saturated rings. The van der Waals surface area contributed by atoms with E-state index in [0.29, 0.717) is 12.2 Å². The highest BCUT2D eigenvalue weighted by Crippen LogP contribution is 2.18. The van der Waals surface area contributed by atoms with Crippen LogP contribution in [0.2, 0.25) is 0 Å². The van der Waals surface area contributed by atoms with Gasteiger partial charge in [0.2, 0.25) is 0 Å². The number of ether oxygens (including phenoxy) is 1. The van der Waals surface area contributed by atoms with E-state index in [1.807, 2.05) is 30.3 Å². The molecule has 2 aromatic carbocycles. The lowest BCUT2D eigenvalue weighted by Gasteiger charge is -2.04. The highest BCUT2D eigenvalue weighted by molar-refractivity contribution is 5.72. The van der Waals surface area contributed by atoms with E-state index in [1.165, 1.54) is 17.7 Å². The summed E-state index contributed by atoms with van der Waals surface area (Å²) >= 11 is 0. The van der Waals surface area contributed by atoms with Gasteiger partial charge in [-0.05, 0) is 30.5 Å². The largest absolute Gasteiger partial charge is 0.508 e. The highest BCUT2D eigenvalue weighted by atomic mass is 16.5. The topological polar surface area (TPSA) is 46.5 Å². The molecule has 0 heterocycles. The maximum atomic E-state index is 11.6. The third-order valence-electron chi connectivity index (χ3n) is 2.74. The summed E-state index contributed by atoms with van der Waals surface area (Å²) in [7, 11) is 0. The van der Waals surface area contributed by atoms with Crippen LogP contribution < -0.4 is 4.74 Å². The minimum absolute atomic E-state index is 0.0922. The zero-order chi connectivity index (χ0) is 13.5. The molecule has 0 amide bonds. The lowest BCUT2D eigenvalue weighted by Crippen LogP contribution is -2.07. The third kappa shape index (κ3) is 4.47. The van der Waals surface area contributed by atoms with Gasteiger partial charge in [0.25, 0.3) is 0 Å². The number of aromatic hydroxyl groups is 1. The van der Waals surface area contributed by atoms with Crippen LogP contribution in [0.4, 0.5) is 0 Å². The van der Waals surface area contributed by atoms with Gasteiger partial charge in [-0.1, -0.05) is 36.4 Å². The lowest BCUT2D eigenvalue weighted by molar-refractivity contribution is -0.134. The molecule has 0 aliphatic carbocycles. The van der Waals surface area contributed by atoms with E-state index in [1.54, 1.807) is 12.1 Å². The van der Waals surface area contributed by atoms with Crippen LogP contribution >= 0.6 is 0 Å². The van der Waals surface area contributed by atoms with Crippen LogP contribution in [0, 0.1) is 0 Å². The van der Waals surface area contributed by atoms with Gasteiger partial charge < -0.3 is 9.84 Å². The molecule has 3 heteroatoms. The second-order valence-electron chi connectivity index (χ2n) is 4.31. The standard InChI is InChI=1S/C16H16O3/c17-14-9-5-10-15(12-14)19-16(18)11-4-8-13-6-2-1-3-7-13/h1-3,5-7,9-10,12,17H,4,8,11H2. The summed E-state index contributed by atoms with van der Waals surface area (Å²) in [5, 5.41) is 9.26. The van der Waals surface area contributed by atoms with Crippen molar-refractivity contribution < 1.29 is 14.6 Å². The molecule has 98 valence electrons. The first kappa shape index (κ1) is 13.1. The maximum Gasteiger partial charge on any atom is 0.311 e. The summed E-state index contributed by atoms with van der Waals surface area (Å²) in [6.07, 6.45) is 1.97. The summed E-state index contributed by atoms with van der Waals surface area (Å²) in [6.45, 7) is 0. The van der Waals surface area contributed by atoms with Crippen molar-refractivity contribution in [1.29, 1.82) is 0 Å². The molecule has 2 aromatic rings. The Morgan fingerprint density at radius 3 is 2.58 bits per heavy atom. The maximum absolute atomic E-state index is 11.6. The molecule has 0 saturated carbocycles. The molecular weight excluding hydrogens is 240 g/mol. The number of carbonyl (C=O) groups excluding carboxylic acids is 1. The van der Waals surface area contributed by atoms with Crippen molar-refractivity contribution in [3.8, 4) is 11.5 Å². The van der Waals surface area contributed by atoms with Crippen molar-refractivity contribution >= 4 is 5.97 Å². The van der Waals surface area contributed by atoms with Gasteiger partial charge in [-0.2, -0.15) is 0 Å². The second-order valence-corrected chi connectivity index (χ2v) is 4.31. The molecule has 1 N–H and O–H groups in total. The van der Waals surface area contributed by atoms with Gasteiger partial charge in [0.1, 0.15) is 11.5 Å². The molecule has 0 atom stereocenters. The number of phenolic OH excluding ortho intramolecular Hbond substituents is 1. The van der Waals surface area contributed by atoms with Crippen molar-refractivity contribution in [2.75, 3.05) is 0 Å². The molecule has 0 aromatic heterocycles. The van der Waals surface area contributed by atoms with Gasteiger partial charge in [0.15, 0.2) is 0 Å². The average Bonchev–Trinajstić information content (AvgIpc) is 2.40. The molecule has 0 radical (unpaired) electrons. The Bertz CT molecular complexity index is 535. The Morgan fingerprint density at radius 2 is 1.84 bits per heavy atom. The minimum Gasteiger partial charge on any atom is -0.508 e. The van der Waals surface area contributed by atoms with Gasteiger partial charge in [-0.25, -0.2) is 0 Å². The van der Waals surface area contributed by atoms with Crippen LogP contribution in [0.3, 0.4) is 0 Å². The Balaban J connectivity index is 1.76. The van der Waals surface area contributed by atoms with E-state index in [0.717, 1.165) is 12.8 Å². The monoisotopic (exact) mass is 256 g/mol. The summed E-state index contributed by atoms with van der Waals surface area (Å²) < 4.78 is 5.13. The fraction of sp³-hybridized carbons (Fsp3) is 0.188. The van der Waals surface area contributed by atoms with E-state index in [9.17, 15) is 9.90 Å². The van der Waals surface area contributed by atoms with E-state index < -0.39 is 0 Å². The van der Waals surface area contributed by atoms with Crippen LogP contribution in [-0.2, 0) is 11.2 Å². The van der Waals surface area contributed by atoms with Crippen LogP contribution in [0.15, 0.2) is 54.6 Å². The van der Waals surface area contributed by atoms with E-state index in [-0.39, 0.29) is 11.7 Å². The summed E-state index contributed by atoms with van der Waals surface area (Å²) in [6, 6.07) is 16.3. The Labute approximate surface area is 112 Å². The number of rotatable bonds is 5. The van der Waals surface area contributed by atoms with Crippen LogP contribution in [0.1, 0.15) is 18.4 Å². The minimum atomic E-state index is -0.276. The van der Waals surface area contributed by atoms with Gasteiger partial charge in [-0.15, -0.1) is 0 Å². The first-order valence-corrected chi connectivity index (χ1v) is 6.28. The molecule has 2 rings (SSSR count). The molecule has 0 saturated heterocycles. The number of hydrogen-bond acceptors (Lipinski definition) is 3. The number of phenols is 1. The van der Waals surface area contributed by atoms with Crippen molar-refractivity contribution in [3.05, 3.63) is 60.2 Å². The number of hydrogen-bond donors (Lipinski definition) is 1. The normalized spacial score (nSPS) is 10.1. The van der Waals surface area contributed by atoms with E-state index in [2.05, 4.69) is 0 Å².